The van der Waals surface area contributed by atoms with Crippen LogP contribution in [-0.2, 0) is 19.6 Å². The lowest BCUT2D eigenvalue weighted by atomic mass is 9.78. The maximum atomic E-state index is 10.1. The summed E-state index contributed by atoms with van der Waals surface area (Å²) in [4.78, 5) is 0. The third kappa shape index (κ3) is 10.8. The largest absolute Gasteiger partial charge is 0.493 e. The van der Waals surface area contributed by atoms with Gasteiger partial charge in [-0.3, -0.25) is 0 Å². The Kier molecular flexibility index (Phi) is 13.8. The summed E-state index contributed by atoms with van der Waals surface area (Å²) in [7, 11) is 0. The van der Waals surface area contributed by atoms with Crippen LogP contribution in [0.1, 0.15) is 31.9 Å². The highest BCUT2D eigenvalue weighted by atomic mass is 16.5. The molecule has 0 radical (unpaired) electrons. The van der Waals surface area contributed by atoms with E-state index in [9.17, 15) is 5.11 Å². The van der Waals surface area contributed by atoms with Gasteiger partial charge in [-0.25, -0.2) is 0 Å². The molecule has 202 valence electrons. The highest BCUT2D eigenvalue weighted by Crippen LogP contribution is 2.33. The van der Waals surface area contributed by atoms with Crippen molar-refractivity contribution in [2.45, 2.75) is 32.3 Å². The standard InChI is InChI=1S/C28H42O8/c1-22(18-30)19-35-26-8-4-23(5-9-26)28(2,3)24-6-10-27(11-7-24)36-21-25(31)20-34-17-16-33-15-14-32-13-12-29/h4-11,22,25,29-31H,12-21H2,1-3H3. The number of benzene rings is 2. The SMILES string of the molecule is CC(CO)COc1ccc(C(C)(C)c2ccc(OCC(O)COCCOCCOCCO)cc2)cc1. The molecular weight excluding hydrogens is 464 g/mol. The molecule has 0 aliphatic heterocycles. The number of hydrogen-bond donors (Lipinski definition) is 3. The summed E-state index contributed by atoms with van der Waals surface area (Å²) < 4.78 is 27.3. The fraction of sp³-hybridized carbons (Fsp3) is 0.571. The van der Waals surface area contributed by atoms with E-state index in [0.29, 0.717) is 45.4 Å². The maximum absolute atomic E-state index is 10.1. The highest BCUT2D eigenvalue weighted by molar-refractivity contribution is 5.41. The molecule has 0 fully saturated rings. The van der Waals surface area contributed by atoms with E-state index in [4.69, 9.17) is 33.9 Å². The topological polar surface area (TPSA) is 107 Å². The predicted octanol–water partition coefficient (Wildman–Crippen LogP) is 2.80. The maximum Gasteiger partial charge on any atom is 0.119 e. The molecule has 0 saturated carbocycles. The van der Waals surface area contributed by atoms with Gasteiger partial charge in [0.15, 0.2) is 0 Å². The first-order valence-electron chi connectivity index (χ1n) is 12.5. The van der Waals surface area contributed by atoms with E-state index < -0.39 is 6.10 Å². The molecule has 8 heteroatoms. The van der Waals surface area contributed by atoms with Crippen molar-refractivity contribution in [1.82, 2.24) is 0 Å². The summed E-state index contributed by atoms with van der Waals surface area (Å²) in [6.45, 7) is 9.12. The van der Waals surface area contributed by atoms with E-state index >= 15 is 0 Å². The van der Waals surface area contributed by atoms with E-state index in [1.807, 2.05) is 43.3 Å². The van der Waals surface area contributed by atoms with Gasteiger partial charge in [0.05, 0.1) is 52.9 Å². The molecule has 2 aromatic rings. The third-order valence-electron chi connectivity index (χ3n) is 5.73. The van der Waals surface area contributed by atoms with Crippen LogP contribution in [0.15, 0.2) is 48.5 Å². The Morgan fingerprint density at radius 3 is 1.64 bits per heavy atom. The van der Waals surface area contributed by atoms with Gasteiger partial charge in [-0.1, -0.05) is 45.0 Å². The van der Waals surface area contributed by atoms with Crippen LogP contribution in [0.25, 0.3) is 0 Å². The molecule has 2 unspecified atom stereocenters. The molecule has 8 nitrogen and oxygen atoms in total. The number of ether oxygens (including phenoxy) is 5. The minimum Gasteiger partial charge on any atom is -0.493 e. The quantitative estimate of drug-likeness (QED) is 0.250. The molecule has 0 aromatic heterocycles. The molecule has 2 aromatic carbocycles. The summed E-state index contributed by atoms with van der Waals surface area (Å²) in [5.41, 5.74) is 2.09. The first-order chi connectivity index (χ1) is 17.4. The van der Waals surface area contributed by atoms with Crippen LogP contribution in [-0.4, -0.2) is 87.5 Å². The molecule has 0 heterocycles. The normalized spacial score (nSPS) is 13.4. The van der Waals surface area contributed by atoms with Crippen molar-refractivity contribution in [3.63, 3.8) is 0 Å². The number of rotatable bonds is 19. The Morgan fingerprint density at radius 2 is 1.14 bits per heavy atom. The summed E-state index contributed by atoms with van der Waals surface area (Å²) in [5, 5.41) is 27.8. The van der Waals surface area contributed by atoms with Gasteiger partial charge in [0, 0.05) is 17.9 Å². The summed E-state index contributed by atoms with van der Waals surface area (Å²) >= 11 is 0. The van der Waals surface area contributed by atoms with Crippen molar-refractivity contribution >= 4 is 0 Å². The van der Waals surface area contributed by atoms with Gasteiger partial charge in [0.1, 0.15) is 24.2 Å². The second kappa shape index (κ2) is 16.5. The van der Waals surface area contributed by atoms with Gasteiger partial charge < -0.3 is 39.0 Å². The first kappa shape index (κ1) is 30.0. The molecule has 0 saturated heterocycles. The van der Waals surface area contributed by atoms with E-state index in [1.165, 1.54) is 0 Å². The smallest absolute Gasteiger partial charge is 0.119 e. The minimum atomic E-state index is -0.741. The summed E-state index contributed by atoms with van der Waals surface area (Å²) in [6, 6.07) is 15.9. The average Bonchev–Trinajstić information content (AvgIpc) is 2.90. The second-order valence-electron chi connectivity index (χ2n) is 9.26. The molecule has 2 rings (SSSR count). The molecule has 0 aliphatic carbocycles. The minimum absolute atomic E-state index is 0.00305. The van der Waals surface area contributed by atoms with Crippen LogP contribution in [0.3, 0.4) is 0 Å². The van der Waals surface area contributed by atoms with Crippen LogP contribution >= 0.6 is 0 Å². The lowest BCUT2D eigenvalue weighted by molar-refractivity contribution is -0.0217. The third-order valence-corrected chi connectivity index (χ3v) is 5.73. The summed E-state index contributed by atoms with van der Waals surface area (Å²) in [5.74, 6) is 1.57. The number of aliphatic hydroxyl groups is 3. The van der Waals surface area contributed by atoms with Crippen LogP contribution in [0, 0.1) is 5.92 Å². The monoisotopic (exact) mass is 506 g/mol. The van der Waals surface area contributed by atoms with Crippen molar-refractivity contribution in [3.05, 3.63) is 59.7 Å². The Bertz CT molecular complexity index is 822. The van der Waals surface area contributed by atoms with Crippen molar-refractivity contribution in [2.75, 3.05) is 66.1 Å². The molecule has 0 aliphatic rings. The Labute approximate surface area is 214 Å². The average molecular weight is 507 g/mol. The van der Waals surface area contributed by atoms with E-state index in [2.05, 4.69) is 26.0 Å². The van der Waals surface area contributed by atoms with Crippen molar-refractivity contribution in [1.29, 1.82) is 0 Å². The zero-order valence-electron chi connectivity index (χ0n) is 21.7. The second-order valence-corrected chi connectivity index (χ2v) is 9.26. The van der Waals surface area contributed by atoms with Gasteiger partial charge in [0.25, 0.3) is 0 Å². The molecule has 2 atom stereocenters. The van der Waals surface area contributed by atoms with E-state index in [1.54, 1.807) is 0 Å². The lowest BCUT2D eigenvalue weighted by Crippen LogP contribution is -2.24. The first-order valence-corrected chi connectivity index (χ1v) is 12.5. The van der Waals surface area contributed by atoms with Crippen molar-refractivity contribution in [3.8, 4) is 11.5 Å². The Balaban J connectivity index is 1.72. The van der Waals surface area contributed by atoms with Crippen LogP contribution in [0.5, 0.6) is 11.5 Å². The van der Waals surface area contributed by atoms with Gasteiger partial charge >= 0.3 is 0 Å². The van der Waals surface area contributed by atoms with Crippen molar-refractivity contribution < 1.29 is 39.0 Å². The van der Waals surface area contributed by atoms with Crippen LogP contribution in [0.4, 0.5) is 0 Å². The molecule has 3 N–H and O–H groups in total. The molecule has 0 spiro atoms. The lowest BCUT2D eigenvalue weighted by Gasteiger charge is -2.26. The summed E-state index contributed by atoms with van der Waals surface area (Å²) in [6.07, 6.45) is -0.741. The van der Waals surface area contributed by atoms with Gasteiger partial charge in [-0.15, -0.1) is 0 Å². The zero-order chi connectivity index (χ0) is 26.2. The Morgan fingerprint density at radius 1 is 0.667 bits per heavy atom. The number of aliphatic hydroxyl groups excluding tert-OH is 3. The van der Waals surface area contributed by atoms with E-state index in [0.717, 1.165) is 16.9 Å². The highest BCUT2D eigenvalue weighted by Gasteiger charge is 2.23. The molecular formula is C28H42O8. The fourth-order valence-electron chi connectivity index (χ4n) is 3.36. The van der Waals surface area contributed by atoms with Gasteiger partial charge in [-0.05, 0) is 35.4 Å². The van der Waals surface area contributed by atoms with Gasteiger partial charge in [0.2, 0.25) is 0 Å². The Hall–Kier alpha value is -2.20. The molecule has 36 heavy (non-hydrogen) atoms. The zero-order valence-corrected chi connectivity index (χ0v) is 21.7. The van der Waals surface area contributed by atoms with Gasteiger partial charge in [-0.2, -0.15) is 0 Å². The van der Waals surface area contributed by atoms with E-state index in [-0.39, 0.29) is 37.8 Å². The van der Waals surface area contributed by atoms with Crippen molar-refractivity contribution in [2.24, 2.45) is 5.92 Å². The predicted molar refractivity (Wildman–Crippen MR) is 138 cm³/mol. The molecule has 0 bridgehead atoms. The van der Waals surface area contributed by atoms with Crippen LogP contribution in [0.2, 0.25) is 0 Å². The molecule has 0 amide bonds. The fourth-order valence-corrected chi connectivity index (χ4v) is 3.36. The number of hydrogen-bond acceptors (Lipinski definition) is 8. The van der Waals surface area contributed by atoms with Crippen LogP contribution < -0.4 is 9.47 Å².